The maximum absolute atomic E-state index is 12.5. The van der Waals surface area contributed by atoms with Crippen molar-refractivity contribution >= 4 is 5.91 Å². The van der Waals surface area contributed by atoms with Gasteiger partial charge in [0, 0.05) is 31.2 Å². The lowest BCUT2D eigenvalue weighted by Gasteiger charge is -2.17. The Morgan fingerprint density at radius 3 is 2.65 bits per heavy atom. The summed E-state index contributed by atoms with van der Waals surface area (Å²) in [6, 6.07) is 18.0. The third kappa shape index (κ3) is 3.81. The first-order chi connectivity index (χ1) is 12.8. The smallest absolute Gasteiger partial charge is 0.251 e. The van der Waals surface area contributed by atoms with Gasteiger partial charge in [0.15, 0.2) is 0 Å². The maximum Gasteiger partial charge on any atom is 0.251 e. The molecular formula is C20H21N5O. The van der Waals surface area contributed by atoms with Crippen LogP contribution in [-0.2, 0) is 6.54 Å². The quantitative estimate of drug-likeness (QED) is 0.769. The largest absolute Gasteiger partial charge is 0.348 e. The van der Waals surface area contributed by atoms with Crippen molar-refractivity contribution in [2.75, 3.05) is 13.1 Å². The van der Waals surface area contributed by atoms with Crippen molar-refractivity contribution in [1.29, 1.82) is 0 Å². The van der Waals surface area contributed by atoms with Gasteiger partial charge in [0.05, 0.1) is 5.69 Å². The van der Waals surface area contributed by atoms with Crippen LogP contribution in [0.3, 0.4) is 0 Å². The van der Waals surface area contributed by atoms with Gasteiger partial charge in [-0.25, -0.2) is 9.67 Å². The number of amides is 1. The number of likely N-dealkylation sites (tertiary alicyclic amines) is 1. The molecule has 6 nitrogen and oxygen atoms in total. The number of carbonyl (C=O) groups excluding carboxylic acids is 1. The summed E-state index contributed by atoms with van der Waals surface area (Å²) in [6.45, 7) is 2.82. The van der Waals surface area contributed by atoms with Gasteiger partial charge in [-0.05, 0) is 36.2 Å². The summed E-state index contributed by atoms with van der Waals surface area (Å²) < 4.78 is 1.67. The van der Waals surface area contributed by atoms with E-state index >= 15 is 0 Å². The molecular weight excluding hydrogens is 326 g/mol. The molecule has 0 bridgehead atoms. The Bertz CT molecular complexity index is 846. The Morgan fingerprint density at radius 2 is 1.92 bits per heavy atom. The van der Waals surface area contributed by atoms with E-state index in [2.05, 4.69) is 44.6 Å². The molecule has 0 saturated carbocycles. The summed E-state index contributed by atoms with van der Waals surface area (Å²) in [5.41, 5.74) is 2.85. The lowest BCUT2D eigenvalue weighted by Crippen LogP contribution is -2.37. The SMILES string of the molecule is O=C(N[C@H]1CCN(Cc2ccccc2)C1)c1ccc(-n2cncn2)cc1. The van der Waals surface area contributed by atoms with Crippen LogP contribution < -0.4 is 5.32 Å². The highest BCUT2D eigenvalue weighted by Crippen LogP contribution is 2.14. The van der Waals surface area contributed by atoms with Crippen LogP contribution >= 0.6 is 0 Å². The summed E-state index contributed by atoms with van der Waals surface area (Å²) in [5, 5.41) is 7.24. The van der Waals surface area contributed by atoms with Crippen molar-refractivity contribution in [3.8, 4) is 5.69 Å². The summed E-state index contributed by atoms with van der Waals surface area (Å²) in [5.74, 6) is -0.0262. The minimum Gasteiger partial charge on any atom is -0.348 e. The molecule has 1 saturated heterocycles. The molecule has 1 amide bonds. The van der Waals surface area contributed by atoms with Crippen molar-refractivity contribution in [3.05, 3.63) is 78.4 Å². The van der Waals surface area contributed by atoms with Crippen molar-refractivity contribution in [2.24, 2.45) is 0 Å². The lowest BCUT2D eigenvalue weighted by molar-refractivity contribution is 0.0937. The molecule has 0 unspecified atom stereocenters. The molecule has 1 N–H and O–H groups in total. The molecule has 3 aromatic rings. The Labute approximate surface area is 152 Å². The van der Waals surface area contributed by atoms with Gasteiger partial charge in [-0.1, -0.05) is 30.3 Å². The molecule has 132 valence electrons. The predicted molar refractivity (Wildman–Crippen MR) is 98.9 cm³/mol. The highest BCUT2D eigenvalue weighted by molar-refractivity contribution is 5.94. The van der Waals surface area contributed by atoms with Gasteiger partial charge < -0.3 is 5.32 Å². The number of nitrogens with one attached hydrogen (secondary N) is 1. The highest BCUT2D eigenvalue weighted by Gasteiger charge is 2.24. The third-order valence-corrected chi connectivity index (χ3v) is 4.67. The number of carbonyl (C=O) groups is 1. The molecule has 1 atom stereocenters. The average molecular weight is 347 g/mol. The number of nitrogens with zero attached hydrogens (tertiary/aromatic N) is 4. The Kier molecular flexibility index (Phi) is 4.75. The summed E-state index contributed by atoms with van der Waals surface area (Å²) >= 11 is 0. The summed E-state index contributed by atoms with van der Waals surface area (Å²) in [7, 11) is 0. The fraction of sp³-hybridized carbons (Fsp3) is 0.250. The van der Waals surface area contributed by atoms with E-state index in [1.807, 2.05) is 30.3 Å². The topological polar surface area (TPSA) is 63.1 Å². The van der Waals surface area contributed by atoms with Crippen molar-refractivity contribution < 1.29 is 4.79 Å². The summed E-state index contributed by atoms with van der Waals surface area (Å²) in [4.78, 5) is 18.8. The van der Waals surface area contributed by atoms with Crippen LogP contribution in [-0.4, -0.2) is 44.7 Å². The van der Waals surface area contributed by atoms with E-state index in [1.54, 1.807) is 11.0 Å². The Morgan fingerprint density at radius 1 is 1.12 bits per heavy atom. The molecule has 2 aromatic carbocycles. The van der Waals surface area contributed by atoms with Crippen molar-refractivity contribution in [3.63, 3.8) is 0 Å². The Hall–Kier alpha value is -2.99. The average Bonchev–Trinajstić information content (AvgIpc) is 3.35. The monoisotopic (exact) mass is 347 g/mol. The van der Waals surface area contributed by atoms with Crippen molar-refractivity contribution in [2.45, 2.75) is 19.0 Å². The van der Waals surface area contributed by atoms with Gasteiger partial charge in [0.1, 0.15) is 12.7 Å². The first-order valence-electron chi connectivity index (χ1n) is 8.80. The van der Waals surface area contributed by atoms with Crippen LogP contribution in [0.25, 0.3) is 5.69 Å². The van der Waals surface area contributed by atoms with Crippen LogP contribution in [0.15, 0.2) is 67.3 Å². The fourth-order valence-corrected chi connectivity index (χ4v) is 3.31. The standard InChI is InChI=1S/C20H21N5O/c26-20(17-6-8-19(9-7-17)25-15-21-14-22-25)23-18-10-11-24(13-18)12-16-4-2-1-3-5-16/h1-9,14-15,18H,10-13H2,(H,23,26)/t18-/m0/s1. The van der Waals surface area contributed by atoms with Gasteiger partial charge in [0.2, 0.25) is 0 Å². The van der Waals surface area contributed by atoms with E-state index in [0.29, 0.717) is 5.56 Å². The maximum atomic E-state index is 12.5. The molecule has 0 spiro atoms. The molecule has 4 rings (SSSR count). The van der Waals surface area contributed by atoms with Crippen LogP contribution in [0.4, 0.5) is 0 Å². The second kappa shape index (κ2) is 7.49. The molecule has 1 aromatic heterocycles. The number of benzene rings is 2. The zero-order valence-electron chi connectivity index (χ0n) is 14.5. The van der Waals surface area contributed by atoms with Crippen molar-refractivity contribution in [1.82, 2.24) is 25.0 Å². The highest BCUT2D eigenvalue weighted by atomic mass is 16.1. The van der Waals surface area contributed by atoms with E-state index in [1.165, 1.54) is 11.9 Å². The predicted octanol–water partition coefficient (Wildman–Crippen LogP) is 2.27. The molecule has 26 heavy (non-hydrogen) atoms. The number of hydrogen-bond acceptors (Lipinski definition) is 4. The second-order valence-corrected chi connectivity index (χ2v) is 6.57. The van der Waals surface area contributed by atoms with E-state index in [4.69, 9.17) is 0 Å². The first kappa shape index (κ1) is 16.5. The zero-order valence-corrected chi connectivity index (χ0v) is 14.5. The van der Waals surface area contributed by atoms with E-state index < -0.39 is 0 Å². The molecule has 1 aliphatic heterocycles. The normalized spacial score (nSPS) is 17.3. The van der Waals surface area contributed by atoms with Gasteiger partial charge in [-0.15, -0.1) is 0 Å². The third-order valence-electron chi connectivity index (χ3n) is 4.67. The van der Waals surface area contributed by atoms with Gasteiger partial charge in [-0.2, -0.15) is 5.10 Å². The zero-order chi connectivity index (χ0) is 17.8. The minimum absolute atomic E-state index is 0.0262. The first-order valence-corrected chi connectivity index (χ1v) is 8.80. The fourth-order valence-electron chi connectivity index (χ4n) is 3.31. The Balaban J connectivity index is 1.32. The molecule has 1 fully saturated rings. The van der Waals surface area contributed by atoms with E-state index in [-0.39, 0.29) is 11.9 Å². The van der Waals surface area contributed by atoms with Crippen LogP contribution in [0.5, 0.6) is 0 Å². The molecule has 2 heterocycles. The molecule has 0 radical (unpaired) electrons. The van der Waals surface area contributed by atoms with Crippen LogP contribution in [0.1, 0.15) is 22.3 Å². The number of rotatable bonds is 5. The van der Waals surface area contributed by atoms with Crippen LogP contribution in [0.2, 0.25) is 0 Å². The van der Waals surface area contributed by atoms with E-state index in [0.717, 1.165) is 31.7 Å². The lowest BCUT2D eigenvalue weighted by atomic mass is 10.1. The number of hydrogen-bond donors (Lipinski definition) is 1. The van der Waals surface area contributed by atoms with Crippen LogP contribution in [0, 0.1) is 0 Å². The van der Waals surface area contributed by atoms with Gasteiger partial charge >= 0.3 is 0 Å². The molecule has 6 heteroatoms. The minimum atomic E-state index is -0.0262. The number of aromatic nitrogens is 3. The molecule has 1 aliphatic rings. The van der Waals surface area contributed by atoms with Gasteiger partial charge in [0.25, 0.3) is 5.91 Å². The summed E-state index contributed by atoms with van der Waals surface area (Å²) in [6.07, 6.45) is 4.10. The van der Waals surface area contributed by atoms with Gasteiger partial charge in [-0.3, -0.25) is 9.69 Å². The van der Waals surface area contributed by atoms with E-state index in [9.17, 15) is 4.79 Å². The second-order valence-electron chi connectivity index (χ2n) is 6.57. The molecule has 0 aliphatic carbocycles.